The molecule has 1 fully saturated rings. The van der Waals surface area contributed by atoms with Gasteiger partial charge in [-0.1, -0.05) is 0 Å². The van der Waals surface area contributed by atoms with Crippen LogP contribution in [-0.4, -0.2) is 53.4 Å². The van der Waals surface area contributed by atoms with E-state index in [1.165, 1.54) is 11.2 Å². The summed E-state index contributed by atoms with van der Waals surface area (Å²) in [5.74, 6) is -0.865. The number of carbonyl (C=O) groups is 2. The molecule has 3 aliphatic rings. The van der Waals surface area contributed by atoms with Crippen LogP contribution in [0.25, 0.3) is 0 Å². The van der Waals surface area contributed by atoms with E-state index in [1.807, 2.05) is 0 Å². The lowest BCUT2D eigenvalue weighted by Crippen LogP contribution is -2.44. The SMILES string of the molecule is CC(=O)N1CCc2cc(S(=O)(=O)N3Cc4cn(C)nc4[C@H](C(=O)NC4CC4)C3)ccc21. The van der Waals surface area contributed by atoms with Gasteiger partial charge in [0.15, 0.2) is 0 Å². The summed E-state index contributed by atoms with van der Waals surface area (Å²) in [6.45, 7) is 2.29. The molecule has 9 nitrogen and oxygen atoms in total. The number of benzene rings is 1. The van der Waals surface area contributed by atoms with E-state index in [0.29, 0.717) is 18.7 Å². The topological polar surface area (TPSA) is 105 Å². The standard InChI is InChI=1S/C21H25N5O4S/c1-13(27)26-8-7-14-9-17(5-6-19(14)26)31(29,30)25-11-15-10-24(2)23-20(15)18(12-25)21(28)22-16-3-4-16/h5-6,9-10,16,18H,3-4,7-8,11-12H2,1-2H3,(H,22,28)/t18-/m1/s1. The third-order valence-electron chi connectivity index (χ3n) is 6.20. The van der Waals surface area contributed by atoms with Crippen LogP contribution in [0.4, 0.5) is 5.69 Å². The van der Waals surface area contributed by atoms with E-state index in [9.17, 15) is 18.0 Å². The number of nitrogens with one attached hydrogen (secondary N) is 1. The molecule has 10 heteroatoms. The van der Waals surface area contributed by atoms with Gasteiger partial charge in [0.2, 0.25) is 21.8 Å². The van der Waals surface area contributed by atoms with Gasteiger partial charge >= 0.3 is 0 Å². The number of fused-ring (bicyclic) bond motifs is 2. The zero-order valence-corrected chi connectivity index (χ0v) is 18.4. The Balaban J connectivity index is 1.46. The minimum atomic E-state index is -3.82. The maximum Gasteiger partial charge on any atom is 0.243 e. The van der Waals surface area contributed by atoms with Crippen molar-refractivity contribution in [3.05, 3.63) is 41.2 Å². The van der Waals surface area contributed by atoms with Gasteiger partial charge in [-0.25, -0.2) is 8.42 Å². The highest BCUT2D eigenvalue weighted by Gasteiger charge is 2.40. The van der Waals surface area contributed by atoms with Crippen molar-refractivity contribution in [2.24, 2.45) is 7.05 Å². The Kier molecular flexibility index (Phi) is 4.67. The van der Waals surface area contributed by atoms with Crippen LogP contribution in [0.3, 0.4) is 0 Å². The van der Waals surface area contributed by atoms with Gasteiger partial charge in [-0.2, -0.15) is 9.40 Å². The van der Waals surface area contributed by atoms with E-state index in [2.05, 4.69) is 10.4 Å². The van der Waals surface area contributed by atoms with Crippen LogP contribution in [0.15, 0.2) is 29.3 Å². The average molecular weight is 444 g/mol. The fourth-order valence-corrected chi connectivity index (χ4v) is 5.93. The minimum Gasteiger partial charge on any atom is -0.353 e. The molecular formula is C21H25N5O4S. The largest absolute Gasteiger partial charge is 0.353 e. The number of aryl methyl sites for hydroxylation is 1. The first-order valence-electron chi connectivity index (χ1n) is 10.5. The number of rotatable bonds is 4. The highest BCUT2D eigenvalue weighted by atomic mass is 32.2. The van der Waals surface area contributed by atoms with Crippen molar-refractivity contribution in [2.45, 2.75) is 49.6 Å². The van der Waals surface area contributed by atoms with E-state index in [0.717, 1.165) is 29.7 Å². The summed E-state index contributed by atoms with van der Waals surface area (Å²) in [4.78, 5) is 26.5. The molecule has 2 amide bonds. The van der Waals surface area contributed by atoms with E-state index in [4.69, 9.17) is 0 Å². The molecule has 1 N–H and O–H groups in total. The number of aromatic nitrogens is 2. The molecule has 1 atom stereocenters. The van der Waals surface area contributed by atoms with Gasteiger partial charge in [-0.15, -0.1) is 0 Å². The van der Waals surface area contributed by atoms with Crippen molar-refractivity contribution in [2.75, 3.05) is 18.0 Å². The molecule has 1 saturated carbocycles. The van der Waals surface area contributed by atoms with Crippen molar-refractivity contribution in [3.63, 3.8) is 0 Å². The smallest absolute Gasteiger partial charge is 0.243 e. The summed E-state index contributed by atoms with van der Waals surface area (Å²) in [6.07, 6.45) is 4.32. The summed E-state index contributed by atoms with van der Waals surface area (Å²) < 4.78 is 30.0. The van der Waals surface area contributed by atoms with Crippen molar-refractivity contribution < 1.29 is 18.0 Å². The third-order valence-corrected chi connectivity index (χ3v) is 8.01. The van der Waals surface area contributed by atoms with Crippen molar-refractivity contribution in [1.82, 2.24) is 19.4 Å². The Morgan fingerprint density at radius 1 is 1.19 bits per heavy atom. The fraction of sp³-hybridized carbons (Fsp3) is 0.476. The lowest BCUT2D eigenvalue weighted by Gasteiger charge is -2.30. The second kappa shape index (κ2) is 7.16. The summed E-state index contributed by atoms with van der Waals surface area (Å²) in [7, 11) is -2.05. The van der Waals surface area contributed by atoms with E-state index in [1.54, 1.807) is 41.0 Å². The fourth-order valence-electron chi connectivity index (χ4n) is 4.45. The van der Waals surface area contributed by atoms with Crippen molar-refractivity contribution >= 4 is 27.5 Å². The molecule has 164 valence electrons. The molecule has 3 heterocycles. The van der Waals surface area contributed by atoms with Gasteiger partial charge in [0, 0.05) is 57.1 Å². The molecular weight excluding hydrogens is 418 g/mol. The van der Waals surface area contributed by atoms with Gasteiger partial charge in [0.1, 0.15) is 0 Å². The summed E-state index contributed by atoms with van der Waals surface area (Å²) >= 11 is 0. The molecule has 1 aliphatic carbocycles. The van der Waals surface area contributed by atoms with Gasteiger partial charge in [0.05, 0.1) is 16.5 Å². The first-order chi connectivity index (χ1) is 14.7. The van der Waals surface area contributed by atoms with Gasteiger partial charge in [0.25, 0.3) is 0 Å². The second-order valence-corrected chi connectivity index (χ2v) is 10.5. The van der Waals surface area contributed by atoms with Crippen LogP contribution >= 0.6 is 0 Å². The summed E-state index contributed by atoms with van der Waals surface area (Å²) in [5.41, 5.74) is 3.01. The maximum absolute atomic E-state index is 13.5. The van der Waals surface area contributed by atoms with E-state index >= 15 is 0 Å². The Morgan fingerprint density at radius 3 is 2.68 bits per heavy atom. The van der Waals surface area contributed by atoms with Crippen molar-refractivity contribution in [3.8, 4) is 0 Å². The Labute approximate surface area is 181 Å². The molecule has 5 rings (SSSR count). The van der Waals surface area contributed by atoms with Crippen LogP contribution < -0.4 is 10.2 Å². The zero-order chi connectivity index (χ0) is 21.9. The van der Waals surface area contributed by atoms with E-state index < -0.39 is 15.9 Å². The lowest BCUT2D eigenvalue weighted by atomic mass is 9.97. The number of nitrogens with zero attached hydrogens (tertiary/aromatic N) is 4. The van der Waals surface area contributed by atoms with Crippen LogP contribution in [-0.2, 0) is 39.6 Å². The van der Waals surface area contributed by atoms with Crippen LogP contribution in [0.5, 0.6) is 0 Å². The number of hydrogen-bond donors (Lipinski definition) is 1. The van der Waals surface area contributed by atoms with Crippen LogP contribution in [0.2, 0.25) is 0 Å². The zero-order valence-electron chi connectivity index (χ0n) is 17.5. The summed E-state index contributed by atoms with van der Waals surface area (Å²) in [5, 5.41) is 7.43. The number of sulfonamides is 1. The first kappa shape index (κ1) is 20.2. The number of hydrogen-bond acceptors (Lipinski definition) is 5. The highest BCUT2D eigenvalue weighted by Crippen LogP contribution is 2.35. The molecule has 2 aliphatic heterocycles. The molecule has 0 unspecified atom stereocenters. The Hall–Kier alpha value is -2.72. The first-order valence-corrected chi connectivity index (χ1v) is 11.9. The quantitative estimate of drug-likeness (QED) is 0.756. The molecule has 0 bridgehead atoms. The number of amides is 2. The predicted octanol–water partition coefficient (Wildman–Crippen LogP) is 0.896. The van der Waals surface area contributed by atoms with Crippen LogP contribution in [0, 0.1) is 0 Å². The van der Waals surface area contributed by atoms with Gasteiger partial charge in [-0.3, -0.25) is 14.3 Å². The molecule has 0 spiro atoms. The molecule has 1 aromatic carbocycles. The van der Waals surface area contributed by atoms with Gasteiger partial charge in [-0.05, 0) is 43.0 Å². The Bertz CT molecular complexity index is 1180. The van der Waals surface area contributed by atoms with Crippen LogP contribution in [0.1, 0.15) is 42.5 Å². The minimum absolute atomic E-state index is 0.0565. The molecule has 0 radical (unpaired) electrons. The monoisotopic (exact) mass is 443 g/mol. The predicted molar refractivity (Wildman–Crippen MR) is 113 cm³/mol. The molecule has 2 aromatic rings. The van der Waals surface area contributed by atoms with Crippen molar-refractivity contribution in [1.29, 1.82) is 0 Å². The number of carbonyl (C=O) groups excluding carboxylic acids is 2. The normalized spacial score (nSPS) is 21.0. The lowest BCUT2D eigenvalue weighted by molar-refractivity contribution is -0.123. The third kappa shape index (κ3) is 3.53. The Morgan fingerprint density at radius 2 is 1.97 bits per heavy atom. The molecule has 0 saturated heterocycles. The summed E-state index contributed by atoms with van der Waals surface area (Å²) in [6, 6.07) is 5.10. The molecule has 31 heavy (non-hydrogen) atoms. The molecule has 1 aromatic heterocycles. The second-order valence-electron chi connectivity index (χ2n) is 8.56. The average Bonchev–Trinajstić information content (AvgIpc) is 3.29. The van der Waals surface area contributed by atoms with E-state index in [-0.39, 0.29) is 35.8 Å². The van der Waals surface area contributed by atoms with Gasteiger partial charge < -0.3 is 10.2 Å². The highest BCUT2D eigenvalue weighted by molar-refractivity contribution is 7.89. The maximum atomic E-state index is 13.5. The number of anilines is 1.